The first-order valence-corrected chi connectivity index (χ1v) is 6.80. The van der Waals surface area contributed by atoms with Gasteiger partial charge in [0.05, 0.1) is 11.7 Å². The molecule has 0 fully saturated rings. The van der Waals surface area contributed by atoms with Gasteiger partial charge in [-0.05, 0) is 18.1 Å². The number of hydrogen-bond acceptors (Lipinski definition) is 3. The Morgan fingerprint density at radius 3 is 2.56 bits per heavy atom. The number of benzene rings is 1. The summed E-state index contributed by atoms with van der Waals surface area (Å²) in [5.41, 5.74) is 5.00. The minimum atomic E-state index is -3.93. The highest BCUT2D eigenvalue weighted by Gasteiger charge is 2.23. The van der Waals surface area contributed by atoms with Crippen LogP contribution in [0.25, 0.3) is 0 Å². The fourth-order valence-corrected chi connectivity index (χ4v) is 2.79. The number of nitrogens with one attached hydrogen (secondary N) is 1. The fraction of sp³-hybridized carbons (Fsp3) is 0.333. The molecule has 1 unspecified atom stereocenters. The first kappa shape index (κ1) is 14.5. The van der Waals surface area contributed by atoms with Crippen molar-refractivity contribution in [1.82, 2.24) is 4.72 Å². The van der Waals surface area contributed by atoms with Crippen LogP contribution >= 0.6 is 0 Å². The molecule has 0 aliphatic carbocycles. The zero-order chi connectivity index (χ0) is 13.9. The van der Waals surface area contributed by atoms with Crippen LogP contribution in [0.1, 0.15) is 13.8 Å². The quantitative estimate of drug-likeness (QED) is 0.640. The maximum Gasteiger partial charge on any atom is 0.243 e. The van der Waals surface area contributed by atoms with Crippen LogP contribution in [0, 0.1) is 24.1 Å². The van der Waals surface area contributed by atoms with Crippen LogP contribution in [-0.2, 0) is 10.0 Å². The summed E-state index contributed by atoms with van der Waals surface area (Å²) >= 11 is 0. The summed E-state index contributed by atoms with van der Waals surface area (Å²) in [7, 11) is -3.93. The first-order valence-electron chi connectivity index (χ1n) is 5.32. The molecule has 4 nitrogen and oxygen atoms in total. The van der Waals surface area contributed by atoms with E-state index in [2.05, 4.69) is 10.6 Å². The Morgan fingerprint density at radius 1 is 1.44 bits per heavy atom. The SMILES string of the molecule is C#CC(NS(=O)(=O)c1cccc(F)c1N)C(C)C. The summed E-state index contributed by atoms with van der Waals surface area (Å²) in [6.07, 6.45) is 5.24. The molecule has 0 aromatic heterocycles. The standard InChI is InChI=1S/C12H15FN2O2S/c1-4-10(8(2)3)15-18(16,17)11-7-5-6-9(13)12(11)14/h1,5-8,10,15H,14H2,2-3H3. The van der Waals surface area contributed by atoms with Crippen LogP contribution in [-0.4, -0.2) is 14.5 Å². The van der Waals surface area contributed by atoms with Crippen molar-refractivity contribution in [1.29, 1.82) is 0 Å². The average Bonchev–Trinajstić information content (AvgIpc) is 2.29. The van der Waals surface area contributed by atoms with E-state index in [-0.39, 0.29) is 10.8 Å². The van der Waals surface area contributed by atoms with Crippen LogP contribution < -0.4 is 10.5 Å². The number of nitrogens with two attached hydrogens (primary N) is 1. The monoisotopic (exact) mass is 270 g/mol. The van der Waals surface area contributed by atoms with Crippen LogP contribution in [0.4, 0.5) is 10.1 Å². The topological polar surface area (TPSA) is 72.2 Å². The molecule has 0 saturated heterocycles. The molecule has 1 rings (SSSR count). The number of nitrogen functional groups attached to an aromatic ring is 1. The summed E-state index contributed by atoms with van der Waals surface area (Å²) in [6.45, 7) is 3.56. The molecule has 1 aromatic carbocycles. The smallest absolute Gasteiger partial charge is 0.243 e. The van der Waals surface area contributed by atoms with E-state index in [4.69, 9.17) is 12.2 Å². The summed E-state index contributed by atoms with van der Waals surface area (Å²) < 4.78 is 39.6. The third-order valence-electron chi connectivity index (χ3n) is 2.43. The largest absolute Gasteiger partial charge is 0.395 e. The van der Waals surface area contributed by atoms with Gasteiger partial charge in [-0.1, -0.05) is 25.8 Å². The molecule has 0 aliphatic rings. The first-order chi connectivity index (χ1) is 8.29. The normalized spacial score (nSPS) is 13.3. The lowest BCUT2D eigenvalue weighted by atomic mass is 10.1. The van der Waals surface area contributed by atoms with Crippen LogP contribution in [0.3, 0.4) is 0 Å². The molecular formula is C12H15FN2O2S. The van der Waals surface area contributed by atoms with Crippen LogP contribution in [0.2, 0.25) is 0 Å². The highest BCUT2D eigenvalue weighted by atomic mass is 32.2. The Hall–Kier alpha value is -1.58. The van der Waals surface area contributed by atoms with Gasteiger partial charge in [0.15, 0.2) is 0 Å². The number of hydrogen-bond donors (Lipinski definition) is 2. The molecule has 6 heteroatoms. The lowest BCUT2D eigenvalue weighted by Gasteiger charge is -2.17. The van der Waals surface area contributed by atoms with Crippen molar-refractivity contribution in [3.63, 3.8) is 0 Å². The second kappa shape index (κ2) is 5.38. The highest BCUT2D eigenvalue weighted by molar-refractivity contribution is 7.89. The van der Waals surface area contributed by atoms with E-state index in [1.54, 1.807) is 13.8 Å². The van der Waals surface area contributed by atoms with E-state index in [1.165, 1.54) is 12.1 Å². The van der Waals surface area contributed by atoms with Gasteiger partial charge in [-0.2, -0.15) is 4.72 Å². The van der Waals surface area contributed by atoms with Gasteiger partial charge in [-0.3, -0.25) is 0 Å². The maximum absolute atomic E-state index is 13.2. The highest BCUT2D eigenvalue weighted by Crippen LogP contribution is 2.21. The minimum absolute atomic E-state index is 0.0837. The lowest BCUT2D eigenvalue weighted by Crippen LogP contribution is -2.37. The molecule has 18 heavy (non-hydrogen) atoms. The molecule has 1 aromatic rings. The molecule has 98 valence electrons. The van der Waals surface area contributed by atoms with Gasteiger partial charge in [-0.25, -0.2) is 12.8 Å². The predicted octanol–water partition coefficient (Wildman–Crippen LogP) is 1.34. The zero-order valence-electron chi connectivity index (χ0n) is 10.1. The van der Waals surface area contributed by atoms with Crippen LogP contribution in [0.5, 0.6) is 0 Å². The van der Waals surface area contributed by atoms with Crippen molar-refractivity contribution in [2.45, 2.75) is 24.8 Å². The number of para-hydroxylation sites is 1. The Balaban J connectivity index is 3.16. The van der Waals surface area contributed by atoms with Crippen molar-refractivity contribution >= 4 is 15.7 Å². The van der Waals surface area contributed by atoms with Crippen molar-refractivity contribution in [2.75, 3.05) is 5.73 Å². The molecule has 1 atom stereocenters. The molecule has 3 N–H and O–H groups in total. The Bertz CT molecular complexity index is 576. The lowest BCUT2D eigenvalue weighted by molar-refractivity contribution is 0.518. The van der Waals surface area contributed by atoms with Gasteiger partial charge in [0, 0.05) is 0 Å². The summed E-state index contributed by atoms with van der Waals surface area (Å²) in [6, 6.07) is 2.93. The molecule has 0 aliphatic heterocycles. The molecule has 0 bridgehead atoms. The van der Waals surface area contributed by atoms with Gasteiger partial charge >= 0.3 is 0 Å². The predicted molar refractivity (Wildman–Crippen MR) is 68.6 cm³/mol. The van der Waals surface area contributed by atoms with Crippen molar-refractivity contribution in [2.24, 2.45) is 5.92 Å². The van der Waals surface area contributed by atoms with Gasteiger partial charge in [0.2, 0.25) is 10.0 Å². The van der Waals surface area contributed by atoms with E-state index in [0.29, 0.717) is 0 Å². The Labute approximate surface area is 106 Å². The van der Waals surface area contributed by atoms with E-state index >= 15 is 0 Å². The van der Waals surface area contributed by atoms with Gasteiger partial charge in [-0.15, -0.1) is 6.42 Å². The molecule has 0 heterocycles. The second-order valence-electron chi connectivity index (χ2n) is 4.16. The Kier molecular flexibility index (Phi) is 4.33. The summed E-state index contributed by atoms with van der Waals surface area (Å²) in [4.78, 5) is -0.302. The van der Waals surface area contributed by atoms with E-state index in [0.717, 1.165) is 6.07 Å². The maximum atomic E-state index is 13.2. The number of terminal acetylenes is 1. The Morgan fingerprint density at radius 2 is 2.06 bits per heavy atom. The van der Waals surface area contributed by atoms with Gasteiger partial charge in [0.1, 0.15) is 10.7 Å². The number of sulfonamides is 1. The molecular weight excluding hydrogens is 255 g/mol. The summed E-state index contributed by atoms with van der Waals surface area (Å²) in [5.74, 6) is 1.47. The summed E-state index contributed by atoms with van der Waals surface area (Å²) in [5, 5.41) is 0. The van der Waals surface area contributed by atoms with Gasteiger partial charge < -0.3 is 5.73 Å². The number of anilines is 1. The van der Waals surface area contributed by atoms with E-state index < -0.39 is 27.6 Å². The van der Waals surface area contributed by atoms with E-state index in [9.17, 15) is 12.8 Å². The molecule has 0 amide bonds. The van der Waals surface area contributed by atoms with E-state index in [1.807, 2.05) is 0 Å². The number of rotatable bonds is 4. The third kappa shape index (κ3) is 3.00. The third-order valence-corrected chi connectivity index (χ3v) is 3.93. The second-order valence-corrected chi connectivity index (χ2v) is 5.84. The minimum Gasteiger partial charge on any atom is -0.395 e. The van der Waals surface area contributed by atoms with Crippen LogP contribution in [0.15, 0.2) is 23.1 Å². The van der Waals surface area contributed by atoms with Crippen molar-refractivity contribution in [3.05, 3.63) is 24.0 Å². The fourth-order valence-electron chi connectivity index (χ4n) is 1.34. The molecule has 0 radical (unpaired) electrons. The molecule has 0 saturated carbocycles. The van der Waals surface area contributed by atoms with Crippen molar-refractivity contribution in [3.8, 4) is 12.3 Å². The number of halogens is 1. The van der Waals surface area contributed by atoms with Crippen molar-refractivity contribution < 1.29 is 12.8 Å². The molecule has 0 spiro atoms. The zero-order valence-corrected chi connectivity index (χ0v) is 11.0. The average molecular weight is 270 g/mol. The van der Waals surface area contributed by atoms with Gasteiger partial charge in [0.25, 0.3) is 0 Å².